The summed E-state index contributed by atoms with van der Waals surface area (Å²) in [5, 5.41) is 7.73. The molecule has 46 heavy (non-hydrogen) atoms. The fourth-order valence-corrected chi connectivity index (χ4v) is 7.08. The highest BCUT2D eigenvalue weighted by atomic mass is 31.2. The van der Waals surface area contributed by atoms with Crippen molar-refractivity contribution in [3.05, 3.63) is 48.8 Å². The van der Waals surface area contributed by atoms with Gasteiger partial charge in [0, 0.05) is 11.4 Å². The topological polar surface area (TPSA) is 165 Å². The number of fused-ring (bicyclic) bond motifs is 2. The number of imidazole rings is 1. The van der Waals surface area contributed by atoms with E-state index in [1.165, 1.54) is 6.92 Å². The molecular weight excluding hydrogens is 609 g/mol. The van der Waals surface area contributed by atoms with Crippen molar-refractivity contribution < 1.29 is 27.9 Å². The predicted molar refractivity (Wildman–Crippen MR) is 174 cm³/mol. The summed E-state index contributed by atoms with van der Waals surface area (Å²) in [5.41, 5.74) is 6.09. The minimum atomic E-state index is -4.21. The number of carbonyl (C=O) groups is 1. The number of nitrogens with zero attached hydrogens (tertiary/aromatic N) is 4. The third-order valence-corrected chi connectivity index (χ3v) is 9.42. The number of anilines is 2. The number of hydrogen-bond acceptors (Lipinski definition) is 11. The van der Waals surface area contributed by atoms with Crippen LogP contribution in [0.5, 0.6) is 5.75 Å². The number of hydrogen-bond donors (Lipinski definition) is 3. The largest absolute Gasteiger partial charge is 0.462 e. The zero-order valence-electron chi connectivity index (χ0n) is 26.2. The van der Waals surface area contributed by atoms with Crippen molar-refractivity contribution in [2.45, 2.75) is 77.0 Å². The van der Waals surface area contributed by atoms with E-state index in [1.54, 1.807) is 36.9 Å². The Hall–Kier alpha value is -4.21. The van der Waals surface area contributed by atoms with Crippen molar-refractivity contribution in [2.75, 3.05) is 17.7 Å². The molecule has 14 heteroatoms. The summed E-state index contributed by atoms with van der Waals surface area (Å²) in [6.07, 6.45) is 9.03. The number of nitrogen functional groups attached to an aromatic ring is 1. The van der Waals surface area contributed by atoms with Crippen molar-refractivity contribution in [1.29, 1.82) is 0 Å². The van der Waals surface area contributed by atoms with E-state index in [0.29, 0.717) is 35.2 Å². The lowest BCUT2D eigenvalue weighted by atomic mass is 9.96. The molecule has 13 nitrogen and oxygen atoms in total. The molecule has 1 aliphatic heterocycles. The molecule has 1 saturated heterocycles. The number of benzene rings is 2. The Morgan fingerprint density at radius 2 is 1.98 bits per heavy atom. The van der Waals surface area contributed by atoms with Gasteiger partial charge in [-0.25, -0.2) is 9.55 Å². The molecular formula is C32H38N7O6P. The first-order valence-electron chi connectivity index (χ1n) is 15.3. The van der Waals surface area contributed by atoms with Gasteiger partial charge in [-0.2, -0.15) is 15.1 Å². The van der Waals surface area contributed by atoms with Crippen LogP contribution in [0.15, 0.2) is 48.8 Å². The molecule has 1 saturated carbocycles. The lowest BCUT2D eigenvalue weighted by molar-refractivity contribution is -0.149. The van der Waals surface area contributed by atoms with Crippen LogP contribution in [0.25, 0.3) is 21.9 Å². The van der Waals surface area contributed by atoms with E-state index in [9.17, 15) is 9.36 Å². The number of nitrogens with two attached hydrogens (primary N) is 1. The molecule has 2 aromatic carbocycles. The SMILES string of the molecule is C#C[C@H]1C[C@](C)(CO[P@@](=O)(N[C@H](C)C(=O)OC(C)C)Oc2cccc3ccccc23)O[C@H]1n1cnc2c(NC3CC3)nc(N)nc21. The summed E-state index contributed by atoms with van der Waals surface area (Å²) in [4.78, 5) is 26.0. The molecule has 6 rings (SSSR count). The second kappa shape index (κ2) is 12.5. The Labute approximate surface area is 267 Å². The van der Waals surface area contributed by atoms with E-state index in [0.717, 1.165) is 23.6 Å². The first kappa shape index (κ1) is 31.8. The predicted octanol–water partition coefficient (Wildman–Crippen LogP) is 5.20. The third kappa shape index (κ3) is 6.81. The van der Waals surface area contributed by atoms with E-state index >= 15 is 0 Å². The fraction of sp³-hybridized carbons (Fsp3) is 0.438. The number of ether oxygens (including phenoxy) is 2. The molecule has 4 aromatic rings. The zero-order chi connectivity index (χ0) is 32.6. The number of aromatic nitrogens is 4. The number of terminal acetylenes is 1. The normalized spacial score (nSPS) is 23.2. The third-order valence-electron chi connectivity index (χ3n) is 7.81. The summed E-state index contributed by atoms with van der Waals surface area (Å²) < 4.78 is 40.2. The van der Waals surface area contributed by atoms with E-state index in [4.69, 9.17) is 30.7 Å². The molecule has 0 spiro atoms. The van der Waals surface area contributed by atoms with Gasteiger partial charge in [-0.3, -0.25) is 13.9 Å². The molecule has 2 aliphatic rings. The lowest BCUT2D eigenvalue weighted by Crippen LogP contribution is -2.38. The summed E-state index contributed by atoms with van der Waals surface area (Å²) in [6.45, 7) is 6.64. The Morgan fingerprint density at radius 3 is 2.72 bits per heavy atom. The summed E-state index contributed by atoms with van der Waals surface area (Å²) in [6, 6.07) is 12.3. The standard InChI is InChI=1S/C32H38N7O6P/c1-6-21-16-32(5,44-29(21)39-18-34-26-27(35-23-14-15-23)36-31(33)37-28(26)39)17-42-46(41,38-20(4)30(40)43-19(2)3)45-25-13-9-11-22-10-7-8-12-24(22)25/h1,7-13,18-21,23,29H,14-17H2,2-5H3,(H,38,41)(H3,33,35,36,37)/t20-,21+,29-,32-,46+/m1/s1. The fourth-order valence-electron chi connectivity index (χ4n) is 5.45. The van der Waals surface area contributed by atoms with E-state index in [2.05, 4.69) is 31.3 Å². The van der Waals surface area contributed by atoms with Gasteiger partial charge in [-0.05, 0) is 58.4 Å². The highest BCUT2D eigenvalue weighted by molar-refractivity contribution is 7.52. The average molecular weight is 648 g/mol. The molecule has 0 amide bonds. The average Bonchev–Trinajstić information content (AvgIpc) is 3.62. The Bertz CT molecular complexity index is 1850. The maximum absolute atomic E-state index is 14.4. The molecule has 242 valence electrons. The van der Waals surface area contributed by atoms with Gasteiger partial charge in [0.25, 0.3) is 0 Å². The minimum absolute atomic E-state index is 0.0986. The first-order valence-corrected chi connectivity index (χ1v) is 16.8. The van der Waals surface area contributed by atoms with Crippen LogP contribution >= 0.6 is 7.75 Å². The van der Waals surface area contributed by atoms with Crippen molar-refractivity contribution in [3.63, 3.8) is 0 Å². The number of esters is 1. The summed E-state index contributed by atoms with van der Waals surface area (Å²) in [5.74, 6) is 2.80. The smallest absolute Gasteiger partial charge is 0.459 e. The van der Waals surface area contributed by atoms with E-state index in [-0.39, 0.29) is 18.7 Å². The van der Waals surface area contributed by atoms with Crippen LogP contribution in [0, 0.1) is 18.3 Å². The molecule has 2 aromatic heterocycles. The summed E-state index contributed by atoms with van der Waals surface area (Å²) >= 11 is 0. The van der Waals surface area contributed by atoms with Crippen molar-refractivity contribution >= 4 is 47.4 Å². The highest BCUT2D eigenvalue weighted by Gasteiger charge is 2.47. The maximum atomic E-state index is 14.4. The molecule has 1 aliphatic carbocycles. The van der Waals surface area contributed by atoms with E-state index < -0.39 is 37.5 Å². The quantitative estimate of drug-likeness (QED) is 0.105. The monoisotopic (exact) mass is 647 g/mol. The molecule has 2 fully saturated rings. The Balaban J connectivity index is 1.26. The van der Waals surface area contributed by atoms with Gasteiger partial charge in [-0.1, -0.05) is 42.3 Å². The highest BCUT2D eigenvalue weighted by Crippen LogP contribution is 2.50. The van der Waals surface area contributed by atoms with Crippen LogP contribution in [-0.2, 0) is 23.4 Å². The second-order valence-corrected chi connectivity index (χ2v) is 14.0. The first-order chi connectivity index (χ1) is 22.0. The van der Waals surface area contributed by atoms with Gasteiger partial charge in [0.1, 0.15) is 11.8 Å². The number of carbonyl (C=O) groups excluding carboxylic acids is 1. The maximum Gasteiger partial charge on any atom is 0.459 e. The van der Waals surface area contributed by atoms with Crippen LogP contribution in [0.1, 0.15) is 53.2 Å². The zero-order valence-corrected chi connectivity index (χ0v) is 27.1. The van der Waals surface area contributed by atoms with Crippen LogP contribution in [0.2, 0.25) is 0 Å². The Kier molecular flexibility index (Phi) is 8.65. The molecule has 3 heterocycles. The van der Waals surface area contributed by atoms with Crippen LogP contribution in [-0.4, -0.2) is 55.9 Å². The minimum Gasteiger partial charge on any atom is -0.462 e. The molecule has 4 N–H and O–H groups in total. The molecule has 5 atom stereocenters. The van der Waals surface area contributed by atoms with Gasteiger partial charge >= 0.3 is 13.7 Å². The van der Waals surface area contributed by atoms with Gasteiger partial charge in [-0.15, -0.1) is 6.42 Å². The molecule has 0 bridgehead atoms. The van der Waals surface area contributed by atoms with Crippen LogP contribution < -0.4 is 20.7 Å². The van der Waals surface area contributed by atoms with Gasteiger partial charge < -0.3 is 25.0 Å². The van der Waals surface area contributed by atoms with Gasteiger partial charge in [0.05, 0.1) is 30.6 Å². The molecule has 0 unspecified atom stereocenters. The number of nitrogens with one attached hydrogen (secondary N) is 2. The second-order valence-electron chi connectivity index (χ2n) is 12.3. The van der Waals surface area contributed by atoms with Gasteiger partial charge in [0.15, 0.2) is 23.2 Å². The Morgan fingerprint density at radius 1 is 1.22 bits per heavy atom. The van der Waals surface area contributed by atoms with E-state index in [1.807, 2.05) is 37.3 Å². The van der Waals surface area contributed by atoms with Crippen LogP contribution in [0.4, 0.5) is 11.8 Å². The van der Waals surface area contributed by atoms with Crippen molar-refractivity contribution in [2.24, 2.45) is 5.92 Å². The number of rotatable bonds is 12. The molecule has 0 radical (unpaired) electrons. The lowest BCUT2D eigenvalue weighted by Gasteiger charge is -2.29. The van der Waals surface area contributed by atoms with Crippen LogP contribution in [0.3, 0.4) is 0 Å². The van der Waals surface area contributed by atoms with Crippen molar-refractivity contribution in [3.8, 4) is 18.1 Å². The summed E-state index contributed by atoms with van der Waals surface area (Å²) in [7, 11) is -4.21. The van der Waals surface area contributed by atoms with Crippen molar-refractivity contribution in [1.82, 2.24) is 24.6 Å². The van der Waals surface area contributed by atoms with Gasteiger partial charge in [0.2, 0.25) is 5.95 Å².